The van der Waals surface area contributed by atoms with Crippen molar-refractivity contribution in [2.75, 3.05) is 26.2 Å². The second-order valence-electron chi connectivity index (χ2n) is 5.05. The third-order valence-electron chi connectivity index (χ3n) is 3.84. The maximum absolute atomic E-state index is 13.6. The van der Waals surface area contributed by atoms with Crippen molar-refractivity contribution in [1.82, 2.24) is 10.2 Å². The predicted octanol–water partition coefficient (Wildman–Crippen LogP) is 1.36. The molecule has 0 spiro atoms. The van der Waals surface area contributed by atoms with Gasteiger partial charge < -0.3 is 10.2 Å². The van der Waals surface area contributed by atoms with E-state index in [1.54, 1.807) is 12.1 Å². The van der Waals surface area contributed by atoms with Gasteiger partial charge in [-0.25, -0.2) is 4.39 Å². The number of benzene rings is 1. The Hall–Kier alpha value is -1.42. The average Bonchev–Trinajstić information content (AvgIpc) is 3.20. The monoisotopic (exact) mass is 248 g/mol. The predicted molar refractivity (Wildman–Crippen MR) is 66.7 cm³/mol. The Kier molecular flexibility index (Phi) is 3.04. The number of hydrogen-bond donors (Lipinski definition) is 1. The molecule has 1 N–H and O–H groups in total. The van der Waals surface area contributed by atoms with Crippen molar-refractivity contribution in [2.24, 2.45) is 5.92 Å². The van der Waals surface area contributed by atoms with Crippen molar-refractivity contribution in [3.8, 4) is 0 Å². The van der Waals surface area contributed by atoms with Crippen molar-refractivity contribution >= 4 is 5.91 Å². The molecule has 1 heterocycles. The molecule has 3 rings (SSSR count). The van der Waals surface area contributed by atoms with Crippen LogP contribution >= 0.6 is 0 Å². The van der Waals surface area contributed by atoms with Gasteiger partial charge in [0.15, 0.2) is 0 Å². The van der Waals surface area contributed by atoms with E-state index in [1.165, 1.54) is 6.07 Å². The Bertz CT molecular complexity index is 457. The molecule has 2 aliphatic rings. The molecule has 4 heteroatoms. The minimum absolute atomic E-state index is 0.000000000000000222. The van der Waals surface area contributed by atoms with Crippen LogP contribution in [0.5, 0.6) is 0 Å². The smallest absolute Gasteiger partial charge is 0.226 e. The zero-order chi connectivity index (χ0) is 12.5. The van der Waals surface area contributed by atoms with E-state index in [0.717, 1.165) is 32.6 Å². The number of nitrogens with one attached hydrogen (secondary N) is 1. The number of carbonyl (C=O) groups excluding carboxylic acids is 1. The molecule has 1 amide bonds. The van der Waals surface area contributed by atoms with Gasteiger partial charge in [0.1, 0.15) is 5.82 Å². The summed E-state index contributed by atoms with van der Waals surface area (Å²) in [6.07, 6.45) is 0.795. The molecule has 0 aromatic heterocycles. The minimum atomic E-state index is -0.182. The molecule has 1 aromatic rings. The molecule has 1 aromatic carbocycles. The summed E-state index contributed by atoms with van der Waals surface area (Å²) in [4.78, 5) is 14.1. The maximum Gasteiger partial charge on any atom is 0.226 e. The van der Waals surface area contributed by atoms with E-state index < -0.39 is 0 Å². The topological polar surface area (TPSA) is 32.3 Å². The van der Waals surface area contributed by atoms with Gasteiger partial charge in [-0.3, -0.25) is 4.79 Å². The van der Waals surface area contributed by atoms with Crippen molar-refractivity contribution in [2.45, 2.75) is 12.3 Å². The first kappa shape index (κ1) is 11.7. The van der Waals surface area contributed by atoms with Crippen LogP contribution in [0.15, 0.2) is 24.3 Å². The normalized spacial score (nSPS) is 27.1. The standard InChI is InChI=1S/C14H17FN2O/c15-13-4-2-1-3-10(13)11-9-12(11)14(18)17-7-5-16-6-8-17/h1-4,11-12,16H,5-9H2. The van der Waals surface area contributed by atoms with Gasteiger partial charge in [0.2, 0.25) is 5.91 Å². The first-order chi connectivity index (χ1) is 8.77. The molecule has 2 atom stereocenters. The van der Waals surface area contributed by atoms with Crippen molar-refractivity contribution in [3.05, 3.63) is 35.6 Å². The number of halogens is 1. The highest BCUT2D eigenvalue weighted by Gasteiger charge is 2.46. The van der Waals surface area contributed by atoms with E-state index in [2.05, 4.69) is 5.32 Å². The molecule has 1 aliphatic heterocycles. The number of carbonyl (C=O) groups is 1. The lowest BCUT2D eigenvalue weighted by Gasteiger charge is -2.27. The van der Waals surface area contributed by atoms with Crippen LogP contribution in [-0.4, -0.2) is 37.0 Å². The fourth-order valence-electron chi connectivity index (χ4n) is 2.71. The Balaban J connectivity index is 1.67. The van der Waals surface area contributed by atoms with Crippen LogP contribution in [0, 0.1) is 11.7 Å². The Morgan fingerprint density at radius 1 is 1.28 bits per heavy atom. The van der Waals surface area contributed by atoms with Gasteiger partial charge in [-0.15, -0.1) is 0 Å². The van der Waals surface area contributed by atoms with Crippen molar-refractivity contribution < 1.29 is 9.18 Å². The van der Waals surface area contributed by atoms with E-state index in [1.807, 2.05) is 11.0 Å². The molecule has 18 heavy (non-hydrogen) atoms. The summed E-state index contributed by atoms with van der Waals surface area (Å²) in [6, 6.07) is 6.79. The molecule has 1 saturated heterocycles. The second-order valence-corrected chi connectivity index (χ2v) is 5.05. The SMILES string of the molecule is O=C(C1CC1c1ccccc1F)N1CCNCC1. The maximum atomic E-state index is 13.6. The van der Waals surface area contributed by atoms with E-state index in [-0.39, 0.29) is 23.6 Å². The van der Waals surface area contributed by atoms with Crippen LogP contribution in [0.3, 0.4) is 0 Å². The lowest BCUT2D eigenvalue weighted by atomic mass is 10.1. The number of nitrogens with zero attached hydrogens (tertiary/aromatic N) is 1. The third-order valence-corrected chi connectivity index (χ3v) is 3.84. The summed E-state index contributed by atoms with van der Waals surface area (Å²) in [7, 11) is 0. The van der Waals surface area contributed by atoms with E-state index >= 15 is 0 Å². The zero-order valence-corrected chi connectivity index (χ0v) is 10.2. The van der Waals surface area contributed by atoms with Crippen molar-refractivity contribution in [3.63, 3.8) is 0 Å². The summed E-state index contributed by atoms with van der Waals surface area (Å²) >= 11 is 0. The fourth-order valence-corrected chi connectivity index (χ4v) is 2.71. The van der Waals surface area contributed by atoms with Gasteiger partial charge in [0, 0.05) is 32.1 Å². The number of hydrogen-bond acceptors (Lipinski definition) is 2. The van der Waals surface area contributed by atoms with Gasteiger partial charge in [-0.1, -0.05) is 18.2 Å². The highest BCUT2D eigenvalue weighted by molar-refractivity contribution is 5.83. The molecule has 2 unspecified atom stereocenters. The molecular weight excluding hydrogens is 231 g/mol. The summed E-state index contributed by atoms with van der Waals surface area (Å²) in [5.74, 6) is 0.108. The third kappa shape index (κ3) is 2.12. The van der Waals surface area contributed by atoms with E-state index in [4.69, 9.17) is 0 Å². The first-order valence-electron chi connectivity index (χ1n) is 6.51. The lowest BCUT2D eigenvalue weighted by Crippen LogP contribution is -2.47. The molecule has 96 valence electrons. The van der Waals surface area contributed by atoms with Crippen molar-refractivity contribution in [1.29, 1.82) is 0 Å². The summed E-state index contributed by atoms with van der Waals surface area (Å²) in [6.45, 7) is 3.28. The van der Waals surface area contributed by atoms with Crippen LogP contribution in [0.1, 0.15) is 17.9 Å². The molecule has 3 nitrogen and oxygen atoms in total. The Labute approximate surface area is 106 Å². The van der Waals surface area contributed by atoms with Gasteiger partial charge in [-0.05, 0) is 24.0 Å². The lowest BCUT2D eigenvalue weighted by molar-refractivity contribution is -0.133. The van der Waals surface area contributed by atoms with E-state index in [9.17, 15) is 9.18 Å². The molecule has 1 aliphatic carbocycles. The molecule has 2 fully saturated rings. The van der Waals surface area contributed by atoms with Crippen LogP contribution in [0.2, 0.25) is 0 Å². The average molecular weight is 248 g/mol. The summed E-state index contributed by atoms with van der Waals surface area (Å²) < 4.78 is 13.6. The second kappa shape index (κ2) is 4.69. The molecule has 0 bridgehead atoms. The van der Waals surface area contributed by atoms with Crippen LogP contribution in [0.4, 0.5) is 4.39 Å². The van der Waals surface area contributed by atoms with Crippen LogP contribution < -0.4 is 5.32 Å². The van der Waals surface area contributed by atoms with Crippen LogP contribution in [-0.2, 0) is 4.79 Å². The van der Waals surface area contributed by atoms with Gasteiger partial charge in [0.25, 0.3) is 0 Å². The quantitative estimate of drug-likeness (QED) is 0.857. The van der Waals surface area contributed by atoms with E-state index in [0.29, 0.717) is 5.56 Å². The fraction of sp³-hybridized carbons (Fsp3) is 0.500. The van der Waals surface area contributed by atoms with Crippen LogP contribution in [0.25, 0.3) is 0 Å². The highest BCUT2D eigenvalue weighted by atomic mass is 19.1. The molecule has 0 radical (unpaired) electrons. The van der Waals surface area contributed by atoms with Gasteiger partial charge in [-0.2, -0.15) is 0 Å². The Morgan fingerprint density at radius 2 is 2.00 bits per heavy atom. The number of piperazine rings is 1. The number of rotatable bonds is 2. The molecular formula is C14H17FN2O. The Morgan fingerprint density at radius 3 is 2.72 bits per heavy atom. The van der Waals surface area contributed by atoms with Gasteiger partial charge in [0.05, 0.1) is 0 Å². The summed E-state index contributed by atoms with van der Waals surface area (Å²) in [5, 5.41) is 3.23. The summed E-state index contributed by atoms with van der Waals surface area (Å²) in [5.41, 5.74) is 0.700. The first-order valence-corrected chi connectivity index (χ1v) is 6.51. The number of amides is 1. The largest absolute Gasteiger partial charge is 0.340 e. The minimum Gasteiger partial charge on any atom is -0.340 e. The highest BCUT2D eigenvalue weighted by Crippen LogP contribution is 2.49. The zero-order valence-electron chi connectivity index (χ0n) is 10.2. The van der Waals surface area contributed by atoms with Gasteiger partial charge >= 0.3 is 0 Å². The molecule has 1 saturated carbocycles.